The van der Waals surface area contributed by atoms with Crippen molar-refractivity contribution >= 4 is 23.7 Å². The van der Waals surface area contributed by atoms with E-state index in [1.54, 1.807) is 36.4 Å². The smallest absolute Gasteiger partial charge is 0.265 e. The number of hydrogen-bond donors (Lipinski definition) is 1. The Morgan fingerprint density at radius 2 is 2.12 bits per heavy atom. The molecule has 6 nitrogen and oxygen atoms in total. The van der Waals surface area contributed by atoms with Crippen molar-refractivity contribution in [3.8, 4) is 5.75 Å². The number of benzene rings is 2. The van der Waals surface area contributed by atoms with Gasteiger partial charge in [-0.05, 0) is 29.8 Å². The summed E-state index contributed by atoms with van der Waals surface area (Å²) in [5, 5.41) is 3.77. The number of halogens is 1. The van der Waals surface area contributed by atoms with E-state index in [9.17, 15) is 14.0 Å². The van der Waals surface area contributed by atoms with Crippen LogP contribution in [0.2, 0.25) is 0 Å². The lowest BCUT2D eigenvalue weighted by molar-refractivity contribution is -0.125. The molecule has 7 heteroatoms. The van der Waals surface area contributed by atoms with Gasteiger partial charge in [0.05, 0.1) is 11.9 Å². The number of nitrogens with one attached hydrogen (secondary N) is 1. The second-order valence-electron chi connectivity index (χ2n) is 5.08. The highest BCUT2D eigenvalue weighted by Gasteiger charge is 2.26. The third-order valence-corrected chi connectivity index (χ3v) is 3.36. The number of carbonyl (C=O) groups is 2. The number of para-hydroxylation sites is 2. The summed E-state index contributed by atoms with van der Waals surface area (Å²) in [6.07, 6.45) is 1.33. The first-order valence-corrected chi connectivity index (χ1v) is 7.23. The molecule has 2 amide bonds. The molecule has 24 heavy (non-hydrogen) atoms. The first-order chi connectivity index (χ1) is 11.6. The van der Waals surface area contributed by atoms with Gasteiger partial charge in [0.2, 0.25) is 0 Å². The van der Waals surface area contributed by atoms with Crippen molar-refractivity contribution in [2.75, 3.05) is 18.1 Å². The van der Waals surface area contributed by atoms with Crippen LogP contribution in [-0.2, 0) is 9.59 Å². The van der Waals surface area contributed by atoms with Crippen LogP contribution in [0.25, 0.3) is 0 Å². The lowest BCUT2D eigenvalue weighted by Crippen LogP contribution is -2.44. The fraction of sp³-hybridized carbons (Fsp3) is 0.118. The molecule has 0 fully saturated rings. The minimum atomic E-state index is -0.465. The van der Waals surface area contributed by atoms with Crippen molar-refractivity contribution in [2.45, 2.75) is 0 Å². The second-order valence-corrected chi connectivity index (χ2v) is 5.08. The molecule has 1 heterocycles. The molecular formula is C17H14FN3O3. The predicted molar refractivity (Wildman–Crippen MR) is 86.4 cm³/mol. The standard InChI is InChI=1S/C17H14FN3O3/c18-13-5-3-4-12(8-13)9-19-20-16(22)10-21-14-6-1-2-7-15(14)24-11-17(21)23/h1-9H,10-11H2,(H,20,22)/b19-9-. The Bertz CT molecular complexity index is 807. The van der Waals surface area contributed by atoms with Crippen molar-refractivity contribution in [1.29, 1.82) is 0 Å². The molecule has 1 aliphatic rings. The van der Waals surface area contributed by atoms with Crippen LogP contribution < -0.4 is 15.1 Å². The Morgan fingerprint density at radius 3 is 2.96 bits per heavy atom. The van der Waals surface area contributed by atoms with Crippen molar-refractivity contribution in [3.05, 3.63) is 59.9 Å². The number of amides is 2. The monoisotopic (exact) mass is 327 g/mol. The Labute approximate surface area is 137 Å². The van der Waals surface area contributed by atoms with Gasteiger partial charge in [0.1, 0.15) is 18.1 Å². The summed E-state index contributed by atoms with van der Waals surface area (Å²) < 4.78 is 18.4. The summed E-state index contributed by atoms with van der Waals surface area (Å²) in [4.78, 5) is 25.3. The normalized spacial score (nSPS) is 13.5. The Kier molecular flexibility index (Phi) is 4.51. The summed E-state index contributed by atoms with van der Waals surface area (Å²) >= 11 is 0. The van der Waals surface area contributed by atoms with Gasteiger partial charge in [-0.25, -0.2) is 9.82 Å². The number of hydrazone groups is 1. The van der Waals surface area contributed by atoms with E-state index >= 15 is 0 Å². The summed E-state index contributed by atoms with van der Waals surface area (Å²) in [7, 11) is 0. The van der Waals surface area contributed by atoms with E-state index in [1.807, 2.05) is 0 Å². The molecule has 0 saturated carbocycles. The third kappa shape index (κ3) is 3.57. The van der Waals surface area contributed by atoms with Crippen LogP contribution >= 0.6 is 0 Å². The number of carbonyl (C=O) groups excluding carboxylic acids is 2. The van der Waals surface area contributed by atoms with Gasteiger partial charge in [-0.15, -0.1) is 0 Å². The molecular weight excluding hydrogens is 313 g/mol. The number of nitrogens with zero attached hydrogens (tertiary/aromatic N) is 2. The fourth-order valence-electron chi connectivity index (χ4n) is 2.27. The summed E-state index contributed by atoms with van der Waals surface area (Å²) in [5.41, 5.74) is 3.38. The average Bonchev–Trinajstić information content (AvgIpc) is 2.58. The highest BCUT2D eigenvalue weighted by Crippen LogP contribution is 2.31. The second kappa shape index (κ2) is 6.91. The number of fused-ring (bicyclic) bond motifs is 1. The molecule has 122 valence electrons. The van der Waals surface area contributed by atoms with Crippen molar-refractivity contribution in [1.82, 2.24) is 5.43 Å². The molecule has 0 spiro atoms. The molecule has 0 unspecified atom stereocenters. The zero-order valence-corrected chi connectivity index (χ0v) is 12.6. The largest absolute Gasteiger partial charge is 0.482 e. The van der Waals surface area contributed by atoms with E-state index in [1.165, 1.54) is 23.2 Å². The van der Waals surface area contributed by atoms with Crippen LogP contribution in [0.5, 0.6) is 5.75 Å². The minimum Gasteiger partial charge on any atom is -0.482 e. The van der Waals surface area contributed by atoms with Crippen LogP contribution in [0.1, 0.15) is 5.56 Å². The van der Waals surface area contributed by atoms with Gasteiger partial charge < -0.3 is 4.74 Å². The Hall–Kier alpha value is -3.22. The van der Waals surface area contributed by atoms with E-state index in [0.29, 0.717) is 17.0 Å². The van der Waals surface area contributed by atoms with Crippen LogP contribution in [0.4, 0.5) is 10.1 Å². The first-order valence-electron chi connectivity index (χ1n) is 7.23. The van der Waals surface area contributed by atoms with Crippen LogP contribution in [0.15, 0.2) is 53.6 Å². The highest BCUT2D eigenvalue weighted by atomic mass is 19.1. The zero-order valence-electron chi connectivity index (χ0n) is 12.6. The van der Waals surface area contributed by atoms with E-state index in [-0.39, 0.29) is 24.9 Å². The van der Waals surface area contributed by atoms with Crippen molar-refractivity contribution in [2.24, 2.45) is 5.10 Å². The van der Waals surface area contributed by atoms with E-state index in [2.05, 4.69) is 10.5 Å². The van der Waals surface area contributed by atoms with Gasteiger partial charge >= 0.3 is 0 Å². The number of ether oxygens (including phenoxy) is 1. The average molecular weight is 327 g/mol. The number of hydrogen-bond acceptors (Lipinski definition) is 4. The Morgan fingerprint density at radius 1 is 1.29 bits per heavy atom. The van der Waals surface area contributed by atoms with Crippen molar-refractivity contribution in [3.63, 3.8) is 0 Å². The molecule has 2 aromatic carbocycles. The first kappa shape index (κ1) is 15.7. The molecule has 0 aliphatic carbocycles. The highest BCUT2D eigenvalue weighted by molar-refractivity contribution is 6.02. The lowest BCUT2D eigenvalue weighted by Gasteiger charge is -2.28. The van der Waals surface area contributed by atoms with Crippen molar-refractivity contribution < 1.29 is 18.7 Å². The van der Waals surface area contributed by atoms with Gasteiger partial charge in [-0.3, -0.25) is 14.5 Å². The Balaban J connectivity index is 1.64. The molecule has 0 bridgehead atoms. The van der Waals surface area contributed by atoms with Gasteiger partial charge in [0, 0.05) is 0 Å². The lowest BCUT2D eigenvalue weighted by atomic mass is 10.2. The van der Waals surface area contributed by atoms with Gasteiger partial charge in [-0.2, -0.15) is 5.10 Å². The van der Waals surface area contributed by atoms with Crippen LogP contribution in [0.3, 0.4) is 0 Å². The number of anilines is 1. The molecule has 0 saturated heterocycles. The van der Waals surface area contributed by atoms with Crippen LogP contribution in [0, 0.1) is 5.82 Å². The SMILES string of the molecule is O=C(CN1C(=O)COc2ccccc21)N/N=C\c1cccc(F)c1. The molecule has 0 atom stereocenters. The maximum Gasteiger partial charge on any atom is 0.265 e. The third-order valence-electron chi connectivity index (χ3n) is 3.36. The molecule has 3 rings (SSSR count). The van der Waals surface area contributed by atoms with Gasteiger partial charge in [-0.1, -0.05) is 24.3 Å². The predicted octanol–water partition coefficient (Wildman–Crippen LogP) is 1.70. The topological polar surface area (TPSA) is 71.0 Å². The summed E-state index contributed by atoms with van der Waals surface area (Å²) in [6.45, 7) is -0.295. The fourth-order valence-corrected chi connectivity index (χ4v) is 2.27. The quantitative estimate of drug-likeness (QED) is 0.686. The summed E-state index contributed by atoms with van der Waals surface area (Å²) in [5.74, 6) is -0.611. The van der Waals surface area contributed by atoms with Gasteiger partial charge in [0.15, 0.2) is 6.61 Å². The maximum atomic E-state index is 13.0. The van der Waals surface area contributed by atoms with E-state index < -0.39 is 5.91 Å². The van der Waals surface area contributed by atoms with Gasteiger partial charge in [0.25, 0.3) is 11.8 Å². The molecule has 2 aromatic rings. The van der Waals surface area contributed by atoms with E-state index in [4.69, 9.17) is 4.74 Å². The maximum absolute atomic E-state index is 13.0. The van der Waals surface area contributed by atoms with E-state index in [0.717, 1.165) is 0 Å². The number of rotatable bonds is 4. The zero-order chi connectivity index (χ0) is 16.9. The van der Waals surface area contributed by atoms with Crippen LogP contribution in [-0.4, -0.2) is 31.2 Å². The summed E-state index contributed by atoms with van der Waals surface area (Å²) in [6, 6.07) is 12.8. The minimum absolute atomic E-state index is 0.114. The molecule has 1 N–H and O–H groups in total. The molecule has 0 aromatic heterocycles. The molecule has 1 aliphatic heterocycles. The molecule has 0 radical (unpaired) electrons.